The summed E-state index contributed by atoms with van der Waals surface area (Å²) in [6, 6.07) is 0. The van der Waals surface area contributed by atoms with Gasteiger partial charge < -0.3 is 30.0 Å². The van der Waals surface area contributed by atoms with Gasteiger partial charge in [0.1, 0.15) is 11.9 Å². The van der Waals surface area contributed by atoms with Crippen LogP contribution in [0.3, 0.4) is 0 Å². The quantitative estimate of drug-likeness (QED) is 0.569. The number of nitrogen functional groups attached to an aromatic ring is 1. The van der Waals surface area contributed by atoms with Crippen LogP contribution >= 0.6 is 0 Å². The van der Waals surface area contributed by atoms with E-state index in [0.29, 0.717) is 18.7 Å². The molecule has 11 heteroatoms. The van der Waals surface area contributed by atoms with Crippen molar-refractivity contribution in [1.29, 1.82) is 0 Å². The second-order valence-electron chi connectivity index (χ2n) is 5.48. The van der Waals surface area contributed by atoms with Crippen LogP contribution in [0.2, 0.25) is 0 Å². The molecule has 1 aromatic heterocycles. The summed E-state index contributed by atoms with van der Waals surface area (Å²) in [6.07, 6.45) is 0.827. The van der Waals surface area contributed by atoms with Gasteiger partial charge in [-0.25, -0.2) is 0 Å². The minimum atomic E-state index is -0.463. The Morgan fingerprint density at radius 3 is 3.04 bits per heavy atom. The number of nitrogens with one attached hydrogen (secondary N) is 1. The van der Waals surface area contributed by atoms with E-state index in [1.165, 1.54) is 7.11 Å². The number of ether oxygens (including phenoxy) is 2. The van der Waals surface area contributed by atoms with Crippen LogP contribution in [0.25, 0.3) is 0 Å². The van der Waals surface area contributed by atoms with Gasteiger partial charge in [0.2, 0.25) is 5.95 Å². The van der Waals surface area contributed by atoms with E-state index in [4.69, 9.17) is 10.5 Å². The van der Waals surface area contributed by atoms with E-state index in [-0.39, 0.29) is 44.7 Å². The van der Waals surface area contributed by atoms with Crippen molar-refractivity contribution < 1.29 is 19.4 Å². The maximum Gasteiger partial charge on any atom is 0.372 e. The number of hydrogen-bond donors (Lipinski definition) is 3. The molecule has 0 aromatic carbocycles. The summed E-state index contributed by atoms with van der Waals surface area (Å²) in [5, 5.41) is 9.21. The lowest BCUT2D eigenvalue weighted by molar-refractivity contribution is 0.0113. The van der Waals surface area contributed by atoms with E-state index < -0.39 is 11.4 Å². The van der Waals surface area contributed by atoms with E-state index >= 15 is 0 Å². The highest BCUT2D eigenvalue weighted by molar-refractivity contribution is 6.75. The fourth-order valence-corrected chi connectivity index (χ4v) is 2.91. The molecule has 1 aromatic rings. The van der Waals surface area contributed by atoms with Crippen molar-refractivity contribution >= 4 is 30.7 Å². The molecule has 3 heterocycles. The largest absolute Gasteiger partial charge is 0.475 e. The monoisotopic (exact) mass is 323 g/mol. The zero-order valence-corrected chi connectivity index (χ0v) is 12.7. The van der Waals surface area contributed by atoms with Gasteiger partial charge in [0.05, 0.1) is 26.5 Å². The lowest BCUT2D eigenvalue weighted by Crippen LogP contribution is -2.42. The Hall–Kier alpha value is -2.27. The Bertz CT molecular complexity index is 668. The molecule has 2 aliphatic rings. The predicted octanol–water partition coefficient (Wildman–Crippen LogP) is -1.45. The van der Waals surface area contributed by atoms with Crippen molar-refractivity contribution in [3.05, 3.63) is 10.4 Å². The van der Waals surface area contributed by atoms with Gasteiger partial charge in [-0.1, -0.05) is 0 Å². The fraction of sp³-hybridized carbons (Fsp3) is 0.583. The van der Waals surface area contributed by atoms with Crippen LogP contribution in [0.5, 0.6) is 0 Å². The molecule has 1 saturated heterocycles. The molecule has 10 nitrogen and oxygen atoms in total. The fourth-order valence-electron chi connectivity index (χ4n) is 2.91. The van der Waals surface area contributed by atoms with Crippen molar-refractivity contribution in [1.82, 2.24) is 9.97 Å². The van der Waals surface area contributed by atoms with E-state index in [1.54, 1.807) is 9.71 Å². The Morgan fingerprint density at radius 2 is 2.39 bits per heavy atom. The maximum atomic E-state index is 12.2. The number of anilines is 3. The summed E-state index contributed by atoms with van der Waals surface area (Å²) in [5.74, 6) is -0.0938. The number of H-pyrrole nitrogens is 1. The number of hydrogen-bond acceptors (Lipinski definition) is 9. The Labute approximate surface area is 132 Å². The maximum absolute atomic E-state index is 12.2. The standard InChI is InChI=1S/C12H18BN5O5/c1-22-11(21)13-18-5-17(7-3-2-6(4-19)23-7)9-8(18)10(20)16-12(14)15-9/h6-7,13,19H,2-5H2,1H3,(H3,14,15,16,20)/t6-,7+/m0/s1. The van der Waals surface area contributed by atoms with Crippen LogP contribution < -0.4 is 21.0 Å². The molecule has 3 rings (SSSR count). The lowest BCUT2D eigenvalue weighted by atomic mass is 9.92. The smallest absolute Gasteiger partial charge is 0.372 e. The summed E-state index contributed by atoms with van der Waals surface area (Å²) < 4.78 is 10.4. The van der Waals surface area contributed by atoms with E-state index in [2.05, 4.69) is 14.7 Å². The molecule has 124 valence electrons. The number of aliphatic hydroxyl groups is 1. The van der Waals surface area contributed by atoms with Gasteiger partial charge >= 0.3 is 7.41 Å². The molecule has 0 saturated carbocycles. The molecule has 0 aliphatic carbocycles. The highest BCUT2D eigenvalue weighted by Crippen LogP contribution is 2.35. The van der Waals surface area contributed by atoms with Crippen molar-refractivity contribution in [3.8, 4) is 0 Å². The molecule has 0 amide bonds. The first-order valence-corrected chi connectivity index (χ1v) is 7.28. The average molecular weight is 323 g/mol. The number of nitrogens with two attached hydrogens (primary N) is 1. The number of nitrogens with zero attached hydrogens (tertiary/aromatic N) is 3. The van der Waals surface area contributed by atoms with Crippen LogP contribution in [0, 0.1) is 0 Å². The summed E-state index contributed by atoms with van der Waals surface area (Å²) in [4.78, 5) is 33.8. The summed E-state index contributed by atoms with van der Waals surface area (Å²) >= 11 is 0. The third kappa shape index (κ3) is 2.84. The first kappa shape index (κ1) is 15.6. The SMILES string of the molecule is COC(=O)BN1CN([C@H]2CC[C@@H](CO)O2)c2nc(N)[nH]c(=O)c21. The van der Waals surface area contributed by atoms with E-state index in [9.17, 15) is 14.7 Å². The lowest BCUT2D eigenvalue weighted by Gasteiger charge is -2.26. The Morgan fingerprint density at radius 1 is 1.61 bits per heavy atom. The van der Waals surface area contributed by atoms with Crippen LogP contribution in [0.4, 0.5) is 22.2 Å². The second-order valence-corrected chi connectivity index (χ2v) is 5.48. The van der Waals surface area contributed by atoms with Gasteiger partial charge in [-0.3, -0.25) is 14.6 Å². The number of fused-ring (bicyclic) bond motifs is 1. The summed E-state index contributed by atoms with van der Waals surface area (Å²) in [6.45, 7) is 0.195. The molecule has 23 heavy (non-hydrogen) atoms. The minimum absolute atomic E-state index is 0.00428. The van der Waals surface area contributed by atoms with Crippen molar-refractivity contribution in [2.75, 3.05) is 35.8 Å². The zero-order chi connectivity index (χ0) is 16.6. The number of carbonyl (C=O) groups excluding carboxylic acids is 1. The van der Waals surface area contributed by atoms with Crippen LogP contribution in [-0.4, -0.2) is 61.1 Å². The van der Waals surface area contributed by atoms with Gasteiger partial charge in [0.25, 0.3) is 11.4 Å². The number of aliphatic hydroxyl groups excluding tert-OH is 1. The van der Waals surface area contributed by atoms with E-state index in [1.807, 2.05) is 0 Å². The molecule has 0 bridgehead atoms. The first-order chi connectivity index (χ1) is 11.0. The molecule has 0 unspecified atom stereocenters. The average Bonchev–Trinajstić information content (AvgIpc) is 3.11. The van der Waals surface area contributed by atoms with Gasteiger partial charge in [-0.2, -0.15) is 4.98 Å². The van der Waals surface area contributed by atoms with Gasteiger partial charge in [-0.15, -0.1) is 0 Å². The highest BCUT2D eigenvalue weighted by atomic mass is 16.5. The van der Waals surface area contributed by atoms with Gasteiger partial charge in [-0.05, 0) is 12.8 Å². The number of carbonyl (C=O) groups is 1. The number of methoxy groups -OCH3 is 1. The second kappa shape index (κ2) is 6.09. The third-order valence-electron chi connectivity index (χ3n) is 3.99. The molecule has 0 radical (unpaired) electrons. The Balaban J connectivity index is 1.92. The topological polar surface area (TPSA) is 134 Å². The van der Waals surface area contributed by atoms with Crippen LogP contribution in [0.15, 0.2) is 4.79 Å². The van der Waals surface area contributed by atoms with Crippen molar-refractivity contribution in [3.63, 3.8) is 0 Å². The summed E-state index contributed by atoms with van der Waals surface area (Å²) in [5.41, 5.74) is 5.48. The van der Waals surface area contributed by atoms with Crippen LogP contribution in [-0.2, 0) is 9.47 Å². The summed E-state index contributed by atoms with van der Waals surface area (Å²) in [7, 11) is 1.21. The highest BCUT2D eigenvalue weighted by Gasteiger charge is 2.39. The molecule has 0 spiro atoms. The predicted molar refractivity (Wildman–Crippen MR) is 83.6 cm³/mol. The molecule has 2 atom stereocenters. The Kier molecular flexibility index (Phi) is 4.13. The molecular formula is C12H18BN5O5. The molecule has 4 N–H and O–H groups in total. The number of aromatic nitrogens is 2. The third-order valence-corrected chi connectivity index (χ3v) is 3.99. The number of aromatic amines is 1. The first-order valence-electron chi connectivity index (χ1n) is 7.28. The number of rotatable bonds is 4. The van der Waals surface area contributed by atoms with Crippen molar-refractivity contribution in [2.45, 2.75) is 25.2 Å². The zero-order valence-electron chi connectivity index (χ0n) is 12.7. The van der Waals surface area contributed by atoms with Gasteiger partial charge in [0, 0.05) is 0 Å². The normalized spacial score (nSPS) is 23.0. The molecular weight excluding hydrogens is 305 g/mol. The van der Waals surface area contributed by atoms with Gasteiger partial charge in [0.15, 0.2) is 5.82 Å². The van der Waals surface area contributed by atoms with Crippen molar-refractivity contribution in [2.24, 2.45) is 0 Å². The van der Waals surface area contributed by atoms with Crippen LogP contribution in [0.1, 0.15) is 12.8 Å². The molecule has 1 fully saturated rings. The minimum Gasteiger partial charge on any atom is -0.475 e. The molecule has 2 aliphatic heterocycles. The van der Waals surface area contributed by atoms with E-state index in [0.717, 1.165) is 0 Å².